The van der Waals surface area contributed by atoms with Crippen molar-refractivity contribution in [3.05, 3.63) is 54.5 Å². The van der Waals surface area contributed by atoms with Crippen molar-refractivity contribution in [2.45, 2.75) is 25.8 Å². The number of benzene rings is 1. The fourth-order valence-electron chi connectivity index (χ4n) is 3.10. The summed E-state index contributed by atoms with van der Waals surface area (Å²) in [7, 11) is 0. The molecule has 25 heavy (non-hydrogen) atoms. The number of fused-ring (bicyclic) bond motifs is 1. The van der Waals surface area contributed by atoms with E-state index in [2.05, 4.69) is 15.4 Å². The second kappa shape index (κ2) is 6.01. The van der Waals surface area contributed by atoms with Gasteiger partial charge in [0.05, 0.1) is 0 Å². The highest BCUT2D eigenvalue weighted by atomic mass is 16.2. The summed E-state index contributed by atoms with van der Waals surface area (Å²) in [4.78, 5) is 30.4. The highest BCUT2D eigenvalue weighted by Crippen LogP contribution is 2.28. The number of aromatic nitrogens is 3. The van der Waals surface area contributed by atoms with E-state index in [0.717, 1.165) is 12.1 Å². The summed E-state index contributed by atoms with van der Waals surface area (Å²) in [6.07, 6.45) is 4.80. The van der Waals surface area contributed by atoms with Gasteiger partial charge in [0.1, 0.15) is 0 Å². The summed E-state index contributed by atoms with van der Waals surface area (Å²) in [5.41, 5.74) is 2.32. The molecule has 1 aliphatic heterocycles. The van der Waals surface area contributed by atoms with Crippen LogP contribution in [-0.4, -0.2) is 32.5 Å². The van der Waals surface area contributed by atoms with Gasteiger partial charge in [0, 0.05) is 42.3 Å². The summed E-state index contributed by atoms with van der Waals surface area (Å²) >= 11 is 0. The van der Waals surface area contributed by atoms with Gasteiger partial charge in [-0.15, -0.1) is 0 Å². The van der Waals surface area contributed by atoms with E-state index in [0.29, 0.717) is 17.8 Å². The van der Waals surface area contributed by atoms with Gasteiger partial charge < -0.3 is 10.2 Å². The summed E-state index contributed by atoms with van der Waals surface area (Å²) < 4.78 is 1.55. The molecule has 2 amide bonds. The molecular weight excluding hydrogens is 318 g/mol. The summed E-state index contributed by atoms with van der Waals surface area (Å²) in [5.74, 6) is -0.203. The fraction of sp³-hybridized carbons (Fsp3) is 0.222. The first-order chi connectivity index (χ1) is 12.1. The zero-order valence-corrected chi connectivity index (χ0v) is 13.7. The standard InChI is InChI=1S/C18H17N5O2/c1-12-6-7-17(24)23(12)14-5-2-4-13(10-14)20-18(25)15-11-16-19-8-3-9-22(16)21-15/h2-5,8-12H,6-7H2,1H3,(H,20,25). The number of hydrogen-bond acceptors (Lipinski definition) is 4. The van der Waals surface area contributed by atoms with Crippen LogP contribution in [0.15, 0.2) is 48.8 Å². The topological polar surface area (TPSA) is 79.6 Å². The first-order valence-electron chi connectivity index (χ1n) is 8.16. The average molecular weight is 335 g/mol. The molecule has 126 valence electrons. The molecule has 7 heteroatoms. The number of nitrogens with zero attached hydrogens (tertiary/aromatic N) is 4. The minimum absolute atomic E-state index is 0.113. The third-order valence-corrected chi connectivity index (χ3v) is 4.34. The van der Waals surface area contributed by atoms with E-state index < -0.39 is 0 Å². The maximum atomic E-state index is 12.4. The number of nitrogens with one attached hydrogen (secondary N) is 1. The Labute approximate surface area is 144 Å². The molecule has 0 bridgehead atoms. The Hall–Kier alpha value is -3.22. The Morgan fingerprint density at radius 1 is 1.28 bits per heavy atom. The van der Waals surface area contributed by atoms with Crippen LogP contribution < -0.4 is 10.2 Å². The van der Waals surface area contributed by atoms with Crippen LogP contribution in [0.3, 0.4) is 0 Å². The van der Waals surface area contributed by atoms with Crippen LogP contribution in [-0.2, 0) is 4.79 Å². The zero-order valence-electron chi connectivity index (χ0n) is 13.7. The van der Waals surface area contributed by atoms with E-state index in [9.17, 15) is 9.59 Å². The second-order valence-electron chi connectivity index (χ2n) is 6.11. The Bertz CT molecular complexity index is 932. The Balaban J connectivity index is 1.57. The normalized spacial score (nSPS) is 17.2. The predicted molar refractivity (Wildman–Crippen MR) is 93.6 cm³/mol. The Kier molecular flexibility index (Phi) is 3.68. The molecule has 0 saturated carbocycles. The van der Waals surface area contributed by atoms with E-state index in [1.54, 1.807) is 40.0 Å². The van der Waals surface area contributed by atoms with Crippen LogP contribution in [0.25, 0.3) is 5.65 Å². The van der Waals surface area contributed by atoms with Crippen LogP contribution in [0.2, 0.25) is 0 Å². The van der Waals surface area contributed by atoms with Crippen LogP contribution in [0.1, 0.15) is 30.3 Å². The van der Waals surface area contributed by atoms with Crippen molar-refractivity contribution in [2.75, 3.05) is 10.2 Å². The molecule has 1 atom stereocenters. The smallest absolute Gasteiger partial charge is 0.276 e. The SMILES string of the molecule is CC1CCC(=O)N1c1cccc(NC(=O)c2cc3ncccn3n2)c1. The van der Waals surface area contributed by atoms with Gasteiger partial charge in [-0.05, 0) is 37.6 Å². The van der Waals surface area contributed by atoms with Crippen molar-refractivity contribution in [3.8, 4) is 0 Å². The predicted octanol–water partition coefficient (Wildman–Crippen LogP) is 2.50. The lowest BCUT2D eigenvalue weighted by Gasteiger charge is -2.22. The summed E-state index contributed by atoms with van der Waals surface area (Å²) in [6.45, 7) is 2.03. The lowest BCUT2D eigenvalue weighted by molar-refractivity contribution is -0.117. The molecule has 3 aromatic rings. The molecule has 2 aromatic heterocycles. The Morgan fingerprint density at radius 2 is 2.16 bits per heavy atom. The molecule has 1 saturated heterocycles. The molecule has 1 aliphatic rings. The third kappa shape index (κ3) is 2.84. The van der Waals surface area contributed by atoms with E-state index >= 15 is 0 Å². The minimum atomic E-state index is -0.316. The van der Waals surface area contributed by atoms with Gasteiger partial charge in [-0.1, -0.05) is 6.07 Å². The van der Waals surface area contributed by atoms with Gasteiger partial charge in [0.15, 0.2) is 11.3 Å². The number of carbonyl (C=O) groups excluding carboxylic acids is 2. The van der Waals surface area contributed by atoms with Crippen LogP contribution >= 0.6 is 0 Å². The molecule has 1 unspecified atom stereocenters. The van der Waals surface area contributed by atoms with Crippen LogP contribution in [0.4, 0.5) is 11.4 Å². The maximum Gasteiger partial charge on any atom is 0.276 e. The van der Waals surface area contributed by atoms with Gasteiger partial charge in [0.25, 0.3) is 5.91 Å². The third-order valence-electron chi connectivity index (χ3n) is 4.34. The van der Waals surface area contributed by atoms with E-state index in [4.69, 9.17) is 0 Å². The van der Waals surface area contributed by atoms with Gasteiger partial charge in [-0.2, -0.15) is 5.10 Å². The molecule has 0 radical (unpaired) electrons. The molecule has 0 aliphatic carbocycles. The van der Waals surface area contributed by atoms with Crippen molar-refractivity contribution in [3.63, 3.8) is 0 Å². The van der Waals surface area contributed by atoms with E-state index in [1.807, 2.05) is 25.1 Å². The quantitative estimate of drug-likeness (QED) is 0.797. The number of anilines is 2. The molecule has 1 aromatic carbocycles. The Morgan fingerprint density at radius 3 is 2.92 bits per heavy atom. The van der Waals surface area contributed by atoms with Crippen LogP contribution in [0, 0.1) is 0 Å². The maximum absolute atomic E-state index is 12.4. The summed E-state index contributed by atoms with van der Waals surface area (Å²) in [6, 6.07) is 10.9. The molecular formula is C18H17N5O2. The fourth-order valence-corrected chi connectivity index (χ4v) is 3.10. The van der Waals surface area contributed by atoms with Gasteiger partial charge >= 0.3 is 0 Å². The highest BCUT2D eigenvalue weighted by molar-refractivity contribution is 6.04. The molecule has 1 fully saturated rings. The first-order valence-corrected chi connectivity index (χ1v) is 8.16. The lowest BCUT2D eigenvalue weighted by atomic mass is 10.2. The van der Waals surface area contributed by atoms with Crippen molar-refractivity contribution in [2.24, 2.45) is 0 Å². The number of rotatable bonds is 3. The monoisotopic (exact) mass is 335 g/mol. The largest absolute Gasteiger partial charge is 0.321 e. The molecule has 3 heterocycles. The average Bonchev–Trinajstić information content (AvgIpc) is 3.18. The summed E-state index contributed by atoms with van der Waals surface area (Å²) in [5, 5.41) is 7.04. The van der Waals surface area contributed by atoms with Crippen molar-refractivity contribution in [1.82, 2.24) is 14.6 Å². The second-order valence-corrected chi connectivity index (χ2v) is 6.11. The van der Waals surface area contributed by atoms with Crippen molar-refractivity contribution >= 4 is 28.8 Å². The van der Waals surface area contributed by atoms with Crippen molar-refractivity contribution in [1.29, 1.82) is 0 Å². The van der Waals surface area contributed by atoms with Gasteiger partial charge in [0.2, 0.25) is 5.91 Å². The van der Waals surface area contributed by atoms with E-state index in [1.165, 1.54) is 0 Å². The van der Waals surface area contributed by atoms with Gasteiger partial charge in [-0.3, -0.25) is 9.59 Å². The number of amides is 2. The number of hydrogen-bond donors (Lipinski definition) is 1. The molecule has 7 nitrogen and oxygen atoms in total. The number of carbonyl (C=O) groups is 2. The molecule has 4 rings (SSSR count). The van der Waals surface area contributed by atoms with Gasteiger partial charge in [-0.25, -0.2) is 9.50 Å². The molecule has 0 spiro atoms. The molecule has 1 N–H and O–H groups in total. The van der Waals surface area contributed by atoms with Crippen LogP contribution in [0.5, 0.6) is 0 Å². The zero-order chi connectivity index (χ0) is 17.4. The lowest BCUT2D eigenvalue weighted by Crippen LogP contribution is -2.30. The minimum Gasteiger partial charge on any atom is -0.321 e. The van der Waals surface area contributed by atoms with E-state index in [-0.39, 0.29) is 23.6 Å². The highest BCUT2D eigenvalue weighted by Gasteiger charge is 2.28. The first kappa shape index (κ1) is 15.3. The van der Waals surface area contributed by atoms with Crippen molar-refractivity contribution < 1.29 is 9.59 Å².